The molecule has 1 aliphatic rings. The van der Waals surface area contributed by atoms with Crippen molar-refractivity contribution in [2.45, 2.75) is 25.0 Å². The Morgan fingerprint density at radius 3 is 2.59 bits per heavy atom. The van der Waals surface area contributed by atoms with E-state index < -0.39 is 14.6 Å². The Balaban J connectivity index is 0.00000300. The molecule has 0 radical (unpaired) electrons. The Labute approximate surface area is 188 Å². The second-order valence-corrected chi connectivity index (χ2v) is 10.2. The molecule has 1 saturated heterocycles. The average Bonchev–Trinajstić information content (AvgIpc) is 3.11. The van der Waals surface area contributed by atoms with Crippen LogP contribution in [0.4, 0.5) is 4.39 Å². The predicted octanol–water partition coefficient (Wildman–Crippen LogP) is 2.26. The third-order valence-corrected chi connectivity index (χ3v) is 7.49. The highest BCUT2D eigenvalue weighted by Crippen LogP contribution is 2.23. The maximum absolute atomic E-state index is 13.0. The van der Waals surface area contributed by atoms with Crippen molar-refractivity contribution in [3.05, 3.63) is 48.0 Å². The van der Waals surface area contributed by atoms with E-state index in [-0.39, 0.29) is 35.5 Å². The van der Waals surface area contributed by atoms with Gasteiger partial charge in [0.1, 0.15) is 5.82 Å². The van der Waals surface area contributed by atoms with E-state index in [2.05, 4.69) is 15.4 Å². The molecule has 160 valence electrons. The van der Waals surface area contributed by atoms with Crippen molar-refractivity contribution in [1.29, 1.82) is 0 Å². The number of hydrogen-bond acceptors (Lipinski definition) is 4. The Kier molecular flexibility index (Phi) is 7.66. The highest BCUT2D eigenvalue weighted by molar-refractivity contribution is 14.0. The van der Waals surface area contributed by atoms with Crippen molar-refractivity contribution in [1.82, 2.24) is 20.0 Å². The average molecular weight is 535 g/mol. The van der Waals surface area contributed by atoms with Crippen LogP contribution in [0.3, 0.4) is 0 Å². The van der Waals surface area contributed by atoms with E-state index in [0.29, 0.717) is 32.0 Å². The number of aromatic nitrogens is 2. The van der Waals surface area contributed by atoms with Crippen molar-refractivity contribution in [2.24, 2.45) is 4.99 Å². The van der Waals surface area contributed by atoms with Gasteiger partial charge in [0.25, 0.3) is 0 Å². The molecule has 2 aromatic rings. The van der Waals surface area contributed by atoms with Gasteiger partial charge in [-0.25, -0.2) is 17.5 Å². The zero-order chi connectivity index (χ0) is 20.4. The molecule has 0 atom stereocenters. The topological polar surface area (TPSA) is 79.6 Å². The first kappa shape index (κ1) is 23.6. The highest BCUT2D eigenvalue weighted by Gasteiger charge is 2.40. The zero-order valence-corrected chi connectivity index (χ0v) is 19.9. The first-order valence-electron chi connectivity index (χ1n) is 9.20. The Hall–Kier alpha value is -1.69. The summed E-state index contributed by atoms with van der Waals surface area (Å²) in [4.78, 5) is 6.28. The van der Waals surface area contributed by atoms with Gasteiger partial charge in [-0.15, -0.1) is 24.0 Å². The van der Waals surface area contributed by atoms with E-state index in [4.69, 9.17) is 0 Å². The fourth-order valence-electron chi connectivity index (χ4n) is 3.19. The van der Waals surface area contributed by atoms with Crippen LogP contribution in [0.5, 0.6) is 0 Å². The summed E-state index contributed by atoms with van der Waals surface area (Å²) < 4.78 is 38.3. The van der Waals surface area contributed by atoms with E-state index in [1.165, 1.54) is 12.1 Å². The molecular weight excluding hydrogens is 508 g/mol. The normalized spacial score (nSPS) is 18.2. The lowest BCUT2D eigenvalue weighted by molar-refractivity contribution is 0.353. The van der Waals surface area contributed by atoms with E-state index in [1.807, 2.05) is 17.2 Å². The van der Waals surface area contributed by atoms with Crippen LogP contribution in [0.2, 0.25) is 0 Å². The minimum Gasteiger partial charge on any atom is -0.356 e. The van der Waals surface area contributed by atoms with Gasteiger partial charge in [0.05, 0.1) is 21.9 Å². The first-order chi connectivity index (χ1) is 13.2. The highest BCUT2D eigenvalue weighted by atomic mass is 127. The fraction of sp³-hybridized carbons (Fsp3) is 0.474. The molecule has 0 unspecified atom stereocenters. The van der Waals surface area contributed by atoms with Gasteiger partial charge in [0.15, 0.2) is 15.8 Å². The number of rotatable bonds is 4. The molecule has 1 aromatic carbocycles. The molecule has 7 nitrogen and oxygen atoms in total. The summed E-state index contributed by atoms with van der Waals surface area (Å²) >= 11 is 0. The minimum absolute atomic E-state index is 0. The van der Waals surface area contributed by atoms with Gasteiger partial charge in [-0.05, 0) is 44.2 Å². The summed E-state index contributed by atoms with van der Waals surface area (Å²) in [5.74, 6) is 0.546. The number of benzene rings is 1. The second-order valence-electron chi connectivity index (χ2n) is 7.45. The molecular formula is C19H27FIN5O2S. The zero-order valence-electron chi connectivity index (χ0n) is 16.8. The third kappa shape index (κ3) is 5.47. The number of nitrogens with zero attached hydrogens (tertiary/aromatic N) is 4. The van der Waals surface area contributed by atoms with Crippen molar-refractivity contribution >= 4 is 39.8 Å². The molecule has 3 rings (SSSR count). The van der Waals surface area contributed by atoms with Crippen LogP contribution in [0.1, 0.15) is 19.5 Å². The number of sulfone groups is 1. The van der Waals surface area contributed by atoms with Gasteiger partial charge < -0.3 is 10.2 Å². The largest absolute Gasteiger partial charge is 0.356 e. The summed E-state index contributed by atoms with van der Waals surface area (Å²) in [6.07, 6.45) is 2.53. The molecule has 0 amide bonds. The van der Waals surface area contributed by atoms with Crippen molar-refractivity contribution in [3.63, 3.8) is 0 Å². The molecule has 1 aromatic heterocycles. The van der Waals surface area contributed by atoms with Crippen LogP contribution in [-0.2, 0) is 16.3 Å². The van der Waals surface area contributed by atoms with Gasteiger partial charge in [-0.3, -0.25) is 4.99 Å². The van der Waals surface area contributed by atoms with Crippen LogP contribution < -0.4 is 5.32 Å². The predicted molar refractivity (Wildman–Crippen MR) is 123 cm³/mol. The van der Waals surface area contributed by atoms with Crippen molar-refractivity contribution in [3.8, 4) is 5.69 Å². The molecule has 0 spiro atoms. The summed E-state index contributed by atoms with van der Waals surface area (Å²) in [7, 11) is -1.39. The van der Waals surface area contributed by atoms with E-state index in [1.54, 1.807) is 37.7 Å². The second kappa shape index (κ2) is 9.41. The molecule has 29 heavy (non-hydrogen) atoms. The fourth-order valence-corrected chi connectivity index (χ4v) is 4.56. The van der Waals surface area contributed by atoms with E-state index in [0.717, 1.165) is 11.4 Å². The maximum Gasteiger partial charge on any atom is 0.193 e. The van der Waals surface area contributed by atoms with Crippen LogP contribution in [0.25, 0.3) is 5.69 Å². The van der Waals surface area contributed by atoms with Gasteiger partial charge in [-0.1, -0.05) is 0 Å². The van der Waals surface area contributed by atoms with Gasteiger partial charge >= 0.3 is 0 Å². The molecule has 2 heterocycles. The third-order valence-electron chi connectivity index (χ3n) is 4.95. The SMILES string of the molecule is CN=C(NCCc1ccn(-c2ccc(F)cc2)n1)N1CCS(=O)(=O)C(C)(C)C1.I. The van der Waals surface area contributed by atoms with Crippen molar-refractivity contribution < 1.29 is 12.8 Å². The van der Waals surface area contributed by atoms with Gasteiger partial charge in [0, 0.05) is 39.3 Å². The van der Waals surface area contributed by atoms with Crippen LogP contribution in [0, 0.1) is 5.82 Å². The minimum atomic E-state index is -3.09. The molecule has 0 saturated carbocycles. The molecule has 1 fully saturated rings. The molecule has 1 aliphatic heterocycles. The first-order valence-corrected chi connectivity index (χ1v) is 10.9. The quantitative estimate of drug-likeness (QED) is 0.369. The smallest absolute Gasteiger partial charge is 0.193 e. The monoisotopic (exact) mass is 535 g/mol. The molecule has 1 N–H and O–H groups in total. The maximum atomic E-state index is 13.0. The summed E-state index contributed by atoms with van der Waals surface area (Å²) in [5, 5.41) is 7.80. The summed E-state index contributed by atoms with van der Waals surface area (Å²) in [6.45, 7) is 4.98. The summed E-state index contributed by atoms with van der Waals surface area (Å²) in [6, 6.07) is 8.09. The lowest BCUT2D eigenvalue weighted by Crippen LogP contribution is -2.57. The van der Waals surface area contributed by atoms with E-state index in [9.17, 15) is 12.8 Å². The summed E-state index contributed by atoms with van der Waals surface area (Å²) in [5.41, 5.74) is 1.70. The number of hydrogen-bond donors (Lipinski definition) is 1. The van der Waals surface area contributed by atoms with Gasteiger partial charge in [-0.2, -0.15) is 5.10 Å². The Morgan fingerprint density at radius 1 is 1.28 bits per heavy atom. The Morgan fingerprint density at radius 2 is 1.97 bits per heavy atom. The van der Waals surface area contributed by atoms with E-state index >= 15 is 0 Å². The van der Waals surface area contributed by atoms with Crippen molar-refractivity contribution in [2.75, 3.05) is 32.4 Å². The van der Waals surface area contributed by atoms with Crippen LogP contribution in [0.15, 0.2) is 41.5 Å². The lowest BCUT2D eigenvalue weighted by Gasteiger charge is -2.39. The number of aliphatic imine (C=N–C) groups is 1. The number of guanidine groups is 1. The Bertz CT molecular complexity index is 957. The molecule has 0 aliphatic carbocycles. The van der Waals surface area contributed by atoms with Gasteiger partial charge in [0.2, 0.25) is 0 Å². The standard InChI is InChI=1S/C19H26FN5O2S.HI/c1-19(2)14-24(12-13-28(19,26)27)18(21-3)22-10-8-16-9-11-25(23-16)17-6-4-15(20)5-7-17;/h4-7,9,11H,8,10,12-14H2,1-3H3,(H,21,22);1H. The van der Waals surface area contributed by atoms with Crippen LogP contribution in [-0.4, -0.2) is 66.2 Å². The van der Waals surface area contributed by atoms with Crippen LogP contribution >= 0.6 is 24.0 Å². The number of halogens is 2. The number of nitrogens with one attached hydrogen (secondary N) is 1. The lowest BCUT2D eigenvalue weighted by atomic mass is 10.2. The molecule has 10 heteroatoms. The molecule has 0 bridgehead atoms.